The van der Waals surface area contributed by atoms with Crippen molar-refractivity contribution in [3.05, 3.63) is 34.9 Å². The second-order valence-electron chi connectivity index (χ2n) is 5.46. The molecule has 1 atom stereocenters. The van der Waals surface area contributed by atoms with Crippen LogP contribution in [0.5, 0.6) is 0 Å². The second kappa shape index (κ2) is 8.21. The summed E-state index contributed by atoms with van der Waals surface area (Å²) in [4.78, 5) is 12.2. The van der Waals surface area contributed by atoms with Crippen molar-refractivity contribution in [2.24, 2.45) is 11.8 Å². The second-order valence-corrected chi connectivity index (χ2v) is 5.90. The van der Waals surface area contributed by atoms with Crippen LogP contribution in [0.15, 0.2) is 24.3 Å². The minimum Gasteiger partial charge on any atom is -0.356 e. The number of carbonyl (C=O) groups is 1. The molecule has 0 saturated carbocycles. The van der Waals surface area contributed by atoms with Gasteiger partial charge < -0.3 is 5.32 Å². The van der Waals surface area contributed by atoms with E-state index in [4.69, 9.17) is 11.6 Å². The predicted molar refractivity (Wildman–Crippen MR) is 81.4 cm³/mol. The first-order valence-electron chi connectivity index (χ1n) is 7.05. The van der Waals surface area contributed by atoms with Gasteiger partial charge in [-0.1, -0.05) is 50.9 Å². The average molecular weight is 282 g/mol. The molecule has 1 aromatic rings. The molecule has 106 valence electrons. The van der Waals surface area contributed by atoms with Crippen LogP contribution in [0.3, 0.4) is 0 Å². The SMILES string of the molecule is CCCC(Cc1cccc(Cl)c1)C(=O)NCC(C)C. The van der Waals surface area contributed by atoms with Crippen LogP contribution in [0, 0.1) is 11.8 Å². The highest BCUT2D eigenvalue weighted by atomic mass is 35.5. The summed E-state index contributed by atoms with van der Waals surface area (Å²) in [7, 11) is 0. The zero-order chi connectivity index (χ0) is 14.3. The van der Waals surface area contributed by atoms with Crippen LogP contribution in [0.1, 0.15) is 39.2 Å². The molecule has 0 bridgehead atoms. The number of carbonyl (C=O) groups excluding carboxylic acids is 1. The smallest absolute Gasteiger partial charge is 0.223 e. The van der Waals surface area contributed by atoms with E-state index in [0.717, 1.165) is 36.4 Å². The van der Waals surface area contributed by atoms with Crippen molar-refractivity contribution in [2.75, 3.05) is 6.54 Å². The molecule has 0 fully saturated rings. The monoisotopic (exact) mass is 281 g/mol. The molecule has 1 rings (SSSR count). The average Bonchev–Trinajstić information content (AvgIpc) is 2.35. The fourth-order valence-corrected chi connectivity index (χ4v) is 2.28. The van der Waals surface area contributed by atoms with Gasteiger partial charge in [-0.3, -0.25) is 4.79 Å². The molecule has 1 amide bonds. The van der Waals surface area contributed by atoms with Crippen LogP contribution < -0.4 is 5.32 Å². The van der Waals surface area contributed by atoms with E-state index < -0.39 is 0 Å². The third-order valence-electron chi connectivity index (χ3n) is 3.06. The van der Waals surface area contributed by atoms with Crippen molar-refractivity contribution < 1.29 is 4.79 Å². The Balaban J connectivity index is 2.64. The first-order chi connectivity index (χ1) is 9.02. The van der Waals surface area contributed by atoms with Gasteiger partial charge in [0.15, 0.2) is 0 Å². The van der Waals surface area contributed by atoms with Gasteiger partial charge in [-0.25, -0.2) is 0 Å². The van der Waals surface area contributed by atoms with E-state index in [1.165, 1.54) is 0 Å². The molecule has 0 spiro atoms. The zero-order valence-corrected chi connectivity index (χ0v) is 12.8. The fourth-order valence-electron chi connectivity index (χ4n) is 2.07. The van der Waals surface area contributed by atoms with E-state index >= 15 is 0 Å². The van der Waals surface area contributed by atoms with Crippen molar-refractivity contribution in [1.82, 2.24) is 5.32 Å². The summed E-state index contributed by atoms with van der Waals surface area (Å²) in [5.74, 6) is 0.690. The van der Waals surface area contributed by atoms with Gasteiger partial charge in [-0.2, -0.15) is 0 Å². The van der Waals surface area contributed by atoms with Crippen LogP contribution in [-0.4, -0.2) is 12.5 Å². The number of hydrogen-bond acceptors (Lipinski definition) is 1. The number of amides is 1. The lowest BCUT2D eigenvalue weighted by Crippen LogP contribution is -2.34. The quantitative estimate of drug-likeness (QED) is 0.802. The van der Waals surface area contributed by atoms with E-state index in [0.29, 0.717) is 5.92 Å². The summed E-state index contributed by atoms with van der Waals surface area (Å²) >= 11 is 5.99. The zero-order valence-electron chi connectivity index (χ0n) is 12.1. The van der Waals surface area contributed by atoms with Crippen molar-refractivity contribution in [1.29, 1.82) is 0 Å². The number of hydrogen-bond donors (Lipinski definition) is 1. The number of benzene rings is 1. The Morgan fingerprint density at radius 1 is 1.37 bits per heavy atom. The van der Waals surface area contributed by atoms with Gasteiger partial charge in [0.05, 0.1) is 0 Å². The lowest BCUT2D eigenvalue weighted by atomic mass is 9.94. The van der Waals surface area contributed by atoms with E-state index in [-0.39, 0.29) is 11.8 Å². The Labute approximate surface area is 121 Å². The third-order valence-corrected chi connectivity index (χ3v) is 3.30. The van der Waals surface area contributed by atoms with Gasteiger partial charge in [0.25, 0.3) is 0 Å². The molecule has 1 unspecified atom stereocenters. The van der Waals surface area contributed by atoms with Gasteiger partial charge in [-0.05, 0) is 36.5 Å². The molecule has 3 heteroatoms. The lowest BCUT2D eigenvalue weighted by Gasteiger charge is -2.17. The highest BCUT2D eigenvalue weighted by Crippen LogP contribution is 2.18. The first kappa shape index (κ1) is 16.0. The summed E-state index contributed by atoms with van der Waals surface area (Å²) in [5, 5.41) is 3.76. The first-order valence-corrected chi connectivity index (χ1v) is 7.42. The molecule has 19 heavy (non-hydrogen) atoms. The fraction of sp³-hybridized carbons (Fsp3) is 0.562. The number of nitrogens with one attached hydrogen (secondary N) is 1. The van der Waals surface area contributed by atoms with Crippen LogP contribution in [0.2, 0.25) is 5.02 Å². The summed E-state index contributed by atoms with van der Waals surface area (Å²) in [6.07, 6.45) is 2.69. The lowest BCUT2D eigenvalue weighted by molar-refractivity contribution is -0.125. The van der Waals surface area contributed by atoms with Crippen molar-refractivity contribution in [3.8, 4) is 0 Å². The summed E-state index contributed by atoms with van der Waals surface area (Å²) < 4.78 is 0. The van der Waals surface area contributed by atoms with Crippen molar-refractivity contribution in [3.63, 3.8) is 0 Å². The van der Waals surface area contributed by atoms with E-state index in [1.54, 1.807) is 0 Å². The molecule has 0 aliphatic carbocycles. The maximum Gasteiger partial charge on any atom is 0.223 e. The molecular formula is C16H24ClNO. The Morgan fingerprint density at radius 3 is 2.68 bits per heavy atom. The topological polar surface area (TPSA) is 29.1 Å². The Morgan fingerprint density at radius 2 is 2.11 bits per heavy atom. The van der Waals surface area contributed by atoms with Crippen LogP contribution >= 0.6 is 11.6 Å². The predicted octanol–water partition coefficient (Wildman–Crippen LogP) is 4.07. The van der Waals surface area contributed by atoms with Gasteiger partial charge in [-0.15, -0.1) is 0 Å². The minimum absolute atomic E-state index is 0.0437. The summed E-state index contributed by atoms with van der Waals surface area (Å²) in [6.45, 7) is 7.06. The van der Waals surface area contributed by atoms with Crippen LogP contribution in [0.25, 0.3) is 0 Å². The number of halogens is 1. The number of rotatable bonds is 7. The molecule has 0 aromatic heterocycles. The van der Waals surface area contributed by atoms with Gasteiger partial charge >= 0.3 is 0 Å². The summed E-state index contributed by atoms with van der Waals surface area (Å²) in [5.41, 5.74) is 1.13. The highest BCUT2D eigenvalue weighted by molar-refractivity contribution is 6.30. The molecule has 0 aliphatic heterocycles. The molecule has 0 heterocycles. The van der Waals surface area contributed by atoms with Crippen molar-refractivity contribution in [2.45, 2.75) is 40.0 Å². The molecule has 1 aromatic carbocycles. The molecular weight excluding hydrogens is 258 g/mol. The third kappa shape index (κ3) is 6.11. The molecule has 0 radical (unpaired) electrons. The molecule has 0 saturated heterocycles. The largest absolute Gasteiger partial charge is 0.356 e. The van der Waals surface area contributed by atoms with Gasteiger partial charge in [0.2, 0.25) is 5.91 Å². The van der Waals surface area contributed by atoms with Crippen molar-refractivity contribution >= 4 is 17.5 Å². The maximum atomic E-state index is 12.2. The standard InChI is InChI=1S/C16H24ClNO/c1-4-6-14(16(19)18-11-12(2)3)9-13-7-5-8-15(17)10-13/h5,7-8,10,12,14H,4,6,9,11H2,1-3H3,(H,18,19). The van der Waals surface area contributed by atoms with Gasteiger partial charge in [0, 0.05) is 17.5 Å². The van der Waals surface area contributed by atoms with E-state index in [1.807, 2.05) is 24.3 Å². The van der Waals surface area contributed by atoms with Crippen LogP contribution in [-0.2, 0) is 11.2 Å². The van der Waals surface area contributed by atoms with E-state index in [9.17, 15) is 4.79 Å². The van der Waals surface area contributed by atoms with Crippen LogP contribution in [0.4, 0.5) is 0 Å². The van der Waals surface area contributed by atoms with E-state index in [2.05, 4.69) is 26.1 Å². The normalized spacial score (nSPS) is 12.5. The molecule has 2 nitrogen and oxygen atoms in total. The molecule has 1 N–H and O–H groups in total. The molecule has 0 aliphatic rings. The highest BCUT2D eigenvalue weighted by Gasteiger charge is 2.18. The Kier molecular flexibility index (Phi) is 6.93. The van der Waals surface area contributed by atoms with Gasteiger partial charge in [0.1, 0.15) is 0 Å². The Hall–Kier alpha value is -1.02. The summed E-state index contributed by atoms with van der Waals surface area (Å²) in [6, 6.07) is 7.77. The maximum absolute atomic E-state index is 12.2. The Bertz CT molecular complexity index is 403. The minimum atomic E-state index is 0.0437.